The third kappa shape index (κ3) is 2.66. The predicted octanol–water partition coefficient (Wildman–Crippen LogP) is 1.08. The van der Waals surface area contributed by atoms with Crippen LogP contribution in [0.4, 0.5) is 5.69 Å². The van der Waals surface area contributed by atoms with Gasteiger partial charge in [0, 0.05) is 12.7 Å². The largest absolute Gasteiger partial charge is 0.464 e. The molecule has 0 bridgehead atoms. The minimum absolute atomic E-state index is 0.144. The Morgan fingerprint density at radius 2 is 2.15 bits per heavy atom. The van der Waals surface area contributed by atoms with Gasteiger partial charge in [0.05, 0.1) is 30.7 Å². The van der Waals surface area contributed by atoms with Crippen molar-refractivity contribution in [3.8, 4) is 0 Å². The molecule has 0 aliphatic carbocycles. The molecular formula is C13H19N5O2. The van der Waals surface area contributed by atoms with Gasteiger partial charge >= 0.3 is 5.97 Å². The molecule has 7 nitrogen and oxygen atoms in total. The first kappa shape index (κ1) is 14.1. The molecule has 2 aromatic rings. The number of hydrogen-bond acceptors (Lipinski definition) is 5. The normalized spacial score (nSPS) is 10.8. The molecular weight excluding hydrogens is 258 g/mol. The summed E-state index contributed by atoms with van der Waals surface area (Å²) in [5.41, 5.74) is 8.29. The quantitative estimate of drug-likeness (QED) is 0.826. The summed E-state index contributed by atoms with van der Waals surface area (Å²) in [5, 5.41) is 8.64. The summed E-state index contributed by atoms with van der Waals surface area (Å²) in [7, 11) is 1.31. The van der Waals surface area contributed by atoms with Crippen LogP contribution in [0.15, 0.2) is 12.3 Å². The summed E-state index contributed by atoms with van der Waals surface area (Å²) in [4.78, 5) is 11.5. The van der Waals surface area contributed by atoms with Crippen LogP contribution >= 0.6 is 0 Å². The molecule has 0 unspecified atom stereocenters. The predicted molar refractivity (Wildman–Crippen MR) is 74.4 cm³/mol. The highest BCUT2D eigenvalue weighted by molar-refractivity contribution is 5.92. The maximum absolute atomic E-state index is 11.5. The summed E-state index contributed by atoms with van der Waals surface area (Å²) in [6, 6.07) is 2.04. The van der Waals surface area contributed by atoms with E-state index in [1.165, 1.54) is 7.11 Å². The minimum atomic E-state index is -0.528. The lowest BCUT2D eigenvalue weighted by molar-refractivity contribution is 0.0594. The Balaban J connectivity index is 2.26. The van der Waals surface area contributed by atoms with Gasteiger partial charge in [0.25, 0.3) is 0 Å². The Labute approximate surface area is 117 Å². The van der Waals surface area contributed by atoms with Crippen LogP contribution in [0.25, 0.3) is 0 Å². The van der Waals surface area contributed by atoms with Crippen molar-refractivity contribution in [3.63, 3.8) is 0 Å². The van der Waals surface area contributed by atoms with E-state index in [2.05, 4.69) is 21.9 Å². The van der Waals surface area contributed by atoms with E-state index in [-0.39, 0.29) is 5.69 Å². The number of ether oxygens (including phenoxy) is 1. The number of nitrogens with zero attached hydrogens (tertiary/aromatic N) is 4. The van der Waals surface area contributed by atoms with Crippen LogP contribution in [0.3, 0.4) is 0 Å². The van der Waals surface area contributed by atoms with Crippen molar-refractivity contribution in [2.75, 3.05) is 12.8 Å². The summed E-state index contributed by atoms with van der Waals surface area (Å²) in [6.07, 6.45) is 2.51. The van der Waals surface area contributed by atoms with Crippen LogP contribution in [0, 0.1) is 0 Å². The fraction of sp³-hybridized carbons (Fsp3) is 0.462. The molecule has 2 heterocycles. The van der Waals surface area contributed by atoms with E-state index in [0.717, 1.165) is 24.4 Å². The Morgan fingerprint density at radius 3 is 2.75 bits per heavy atom. The minimum Gasteiger partial charge on any atom is -0.464 e. The third-order valence-electron chi connectivity index (χ3n) is 3.07. The van der Waals surface area contributed by atoms with Crippen LogP contribution in [-0.4, -0.2) is 32.6 Å². The van der Waals surface area contributed by atoms with E-state index in [9.17, 15) is 4.79 Å². The molecule has 0 aliphatic heterocycles. The van der Waals surface area contributed by atoms with Crippen LogP contribution in [0.5, 0.6) is 0 Å². The summed E-state index contributed by atoms with van der Waals surface area (Å²) in [6.45, 7) is 5.40. The molecule has 2 aromatic heterocycles. The topological polar surface area (TPSA) is 88.0 Å². The Hall–Kier alpha value is -2.31. The Kier molecular flexibility index (Phi) is 4.07. The zero-order chi connectivity index (χ0) is 14.7. The van der Waals surface area contributed by atoms with Crippen molar-refractivity contribution in [3.05, 3.63) is 29.3 Å². The molecule has 0 atom stereocenters. The molecule has 0 radical (unpaired) electrons. The number of carbonyl (C=O) groups excluding carboxylic acids is 1. The molecule has 108 valence electrons. The van der Waals surface area contributed by atoms with E-state index in [0.29, 0.717) is 12.2 Å². The van der Waals surface area contributed by atoms with Gasteiger partial charge < -0.3 is 10.5 Å². The molecule has 0 aromatic carbocycles. The number of aryl methyl sites for hydroxylation is 2. The highest BCUT2D eigenvalue weighted by atomic mass is 16.5. The Bertz CT molecular complexity index is 614. The maximum Gasteiger partial charge on any atom is 0.360 e. The number of nitrogen functional groups attached to an aromatic ring is 1. The van der Waals surface area contributed by atoms with Crippen molar-refractivity contribution < 1.29 is 9.53 Å². The van der Waals surface area contributed by atoms with Gasteiger partial charge in [0.2, 0.25) is 0 Å². The van der Waals surface area contributed by atoms with Crippen molar-refractivity contribution in [1.82, 2.24) is 19.6 Å². The smallest absolute Gasteiger partial charge is 0.360 e. The number of rotatable bonds is 5. The van der Waals surface area contributed by atoms with Crippen LogP contribution in [-0.2, 0) is 24.2 Å². The van der Waals surface area contributed by atoms with E-state index >= 15 is 0 Å². The van der Waals surface area contributed by atoms with Crippen molar-refractivity contribution in [1.29, 1.82) is 0 Å². The van der Waals surface area contributed by atoms with Gasteiger partial charge in [-0.3, -0.25) is 9.36 Å². The molecule has 0 saturated carbocycles. The van der Waals surface area contributed by atoms with Crippen LogP contribution < -0.4 is 5.73 Å². The van der Waals surface area contributed by atoms with Crippen molar-refractivity contribution >= 4 is 11.7 Å². The number of methoxy groups -OCH3 is 1. The zero-order valence-corrected chi connectivity index (χ0v) is 12.0. The second kappa shape index (κ2) is 5.77. The fourth-order valence-corrected chi connectivity index (χ4v) is 2.03. The van der Waals surface area contributed by atoms with Gasteiger partial charge in [-0.05, 0) is 19.4 Å². The standard InChI is InChI=1S/C13H19N5O2/c1-4-9-6-10(18(5-2)15-9)7-17-8-11(14)12(16-17)13(19)20-3/h6,8H,4-5,7,14H2,1-3H3. The van der Waals surface area contributed by atoms with Crippen molar-refractivity contribution in [2.45, 2.75) is 33.4 Å². The third-order valence-corrected chi connectivity index (χ3v) is 3.07. The van der Waals surface area contributed by atoms with E-state index in [1.54, 1.807) is 10.9 Å². The molecule has 2 N–H and O–H groups in total. The second-order valence-corrected chi connectivity index (χ2v) is 4.42. The average molecular weight is 277 g/mol. The summed E-state index contributed by atoms with van der Waals surface area (Å²) >= 11 is 0. The molecule has 0 amide bonds. The van der Waals surface area contributed by atoms with Gasteiger partial charge in [-0.2, -0.15) is 10.2 Å². The first-order chi connectivity index (χ1) is 9.58. The van der Waals surface area contributed by atoms with E-state index in [1.807, 2.05) is 17.7 Å². The van der Waals surface area contributed by atoms with E-state index in [4.69, 9.17) is 5.73 Å². The molecule has 0 aliphatic rings. The van der Waals surface area contributed by atoms with Gasteiger partial charge in [0.1, 0.15) is 0 Å². The summed E-state index contributed by atoms with van der Waals surface area (Å²) in [5.74, 6) is -0.528. The summed E-state index contributed by atoms with van der Waals surface area (Å²) < 4.78 is 8.19. The number of carbonyl (C=O) groups is 1. The zero-order valence-electron chi connectivity index (χ0n) is 12.0. The molecule has 0 spiro atoms. The second-order valence-electron chi connectivity index (χ2n) is 4.42. The first-order valence-corrected chi connectivity index (χ1v) is 6.55. The maximum atomic E-state index is 11.5. The lowest BCUT2D eigenvalue weighted by Crippen LogP contribution is -2.10. The highest BCUT2D eigenvalue weighted by Crippen LogP contribution is 2.13. The van der Waals surface area contributed by atoms with E-state index < -0.39 is 5.97 Å². The lowest BCUT2D eigenvalue weighted by Gasteiger charge is -2.04. The first-order valence-electron chi connectivity index (χ1n) is 6.55. The van der Waals surface area contributed by atoms with Gasteiger partial charge in [-0.15, -0.1) is 0 Å². The van der Waals surface area contributed by atoms with Crippen LogP contribution in [0.1, 0.15) is 35.7 Å². The lowest BCUT2D eigenvalue weighted by atomic mass is 10.3. The number of anilines is 1. The number of esters is 1. The number of nitrogens with two attached hydrogens (primary N) is 1. The number of hydrogen-bond donors (Lipinski definition) is 1. The SMILES string of the molecule is CCc1cc(Cn2cc(N)c(C(=O)OC)n2)n(CC)n1. The average Bonchev–Trinajstić information content (AvgIpc) is 3.01. The van der Waals surface area contributed by atoms with Gasteiger partial charge in [-0.1, -0.05) is 6.92 Å². The molecule has 20 heavy (non-hydrogen) atoms. The van der Waals surface area contributed by atoms with Crippen molar-refractivity contribution in [2.24, 2.45) is 0 Å². The molecule has 0 saturated heterocycles. The molecule has 0 fully saturated rings. The monoisotopic (exact) mass is 277 g/mol. The van der Waals surface area contributed by atoms with Gasteiger partial charge in [0.15, 0.2) is 5.69 Å². The number of aromatic nitrogens is 4. The van der Waals surface area contributed by atoms with Crippen LogP contribution in [0.2, 0.25) is 0 Å². The highest BCUT2D eigenvalue weighted by Gasteiger charge is 2.16. The molecule has 2 rings (SSSR count). The fourth-order valence-electron chi connectivity index (χ4n) is 2.03. The molecule has 7 heteroatoms. The Morgan fingerprint density at radius 1 is 1.40 bits per heavy atom. The van der Waals surface area contributed by atoms with Gasteiger partial charge in [-0.25, -0.2) is 4.79 Å².